The number of fused-ring (bicyclic) bond motifs is 3. The van der Waals surface area contributed by atoms with Gasteiger partial charge >= 0.3 is 5.97 Å². The SMILES string of the molecule is CC(=O)OC1Cc2c(c3ccccc3n(C)c2=O)O1. The molecule has 19 heavy (non-hydrogen) atoms. The van der Waals surface area contributed by atoms with E-state index in [1.807, 2.05) is 24.3 Å². The standard InChI is InChI=1S/C14H13NO4/c1-8(16)18-12-7-10-13(19-12)9-5-3-4-6-11(9)15(2)14(10)17/h3-6,12H,7H2,1-2H3. The van der Waals surface area contributed by atoms with Gasteiger partial charge in [0.1, 0.15) is 5.75 Å². The molecule has 0 saturated heterocycles. The summed E-state index contributed by atoms with van der Waals surface area (Å²) in [6, 6.07) is 7.51. The van der Waals surface area contributed by atoms with Crippen LogP contribution in [0.1, 0.15) is 12.5 Å². The maximum absolute atomic E-state index is 12.2. The van der Waals surface area contributed by atoms with E-state index in [9.17, 15) is 9.59 Å². The number of para-hydroxylation sites is 1. The topological polar surface area (TPSA) is 57.5 Å². The van der Waals surface area contributed by atoms with Crippen molar-refractivity contribution in [3.8, 4) is 5.75 Å². The number of ether oxygens (including phenoxy) is 2. The van der Waals surface area contributed by atoms with Gasteiger partial charge in [0.15, 0.2) is 0 Å². The first-order valence-electron chi connectivity index (χ1n) is 6.02. The summed E-state index contributed by atoms with van der Waals surface area (Å²) in [5.41, 5.74) is 1.26. The van der Waals surface area contributed by atoms with Crippen LogP contribution in [0.25, 0.3) is 10.9 Å². The zero-order valence-electron chi connectivity index (χ0n) is 10.7. The summed E-state index contributed by atoms with van der Waals surface area (Å²) >= 11 is 0. The maximum atomic E-state index is 12.2. The number of benzene rings is 1. The molecule has 0 N–H and O–H groups in total. The lowest BCUT2D eigenvalue weighted by Gasteiger charge is -2.11. The predicted octanol–water partition coefficient (Wildman–Crippen LogP) is 1.36. The molecule has 5 nitrogen and oxygen atoms in total. The number of pyridine rings is 1. The van der Waals surface area contributed by atoms with E-state index in [2.05, 4.69) is 0 Å². The molecule has 0 amide bonds. The molecule has 1 atom stereocenters. The summed E-state index contributed by atoms with van der Waals surface area (Å²) in [6.07, 6.45) is -0.405. The van der Waals surface area contributed by atoms with Crippen molar-refractivity contribution in [1.29, 1.82) is 0 Å². The highest BCUT2D eigenvalue weighted by Crippen LogP contribution is 2.34. The zero-order valence-corrected chi connectivity index (χ0v) is 10.7. The van der Waals surface area contributed by atoms with E-state index in [4.69, 9.17) is 9.47 Å². The Balaban J connectivity index is 2.19. The zero-order chi connectivity index (χ0) is 13.6. The van der Waals surface area contributed by atoms with Crippen LogP contribution in [0.2, 0.25) is 0 Å². The van der Waals surface area contributed by atoms with Crippen LogP contribution in [0, 0.1) is 0 Å². The first-order valence-corrected chi connectivity index (χ1v) is 6.02. The van der Waals surface area contributed by atoms with Gasteiger partial charge in [0.2, 0.25) is 6.29 Å². The van der Waals surface area contributed by atoms with Crippen LogP contribution in [-0.4, -0.2) is 16.8 Å². The van der Waals surface area contributed by atoms with Gasteiger partial charge in [0.05, 0.1) is 17.5 Å². The molecule has 5 heteroatoms. The van der Waals surface area contributed by atoms with Crippen molar-refractivity contribution in [3.05, 3.63) is 40.2 Å². The Morgan fingerprint density at radius 1 is 1.42 bits per heavy atom. The van der Waals surface area contributed by atoms with E-state index in [1.54, 1.807) is 11.6 Å². The predicted molar refractivity (Wildman–Crippen MR) is 69.1 cm³/mol. The van der Waals surface area contributed by atoms with Crippen LogP contribution in [0.3, 0.4) is 0 Å². The average Bonchev–Trinajstić information content (AvgIpc) is 2.79. The van der Waals surface area contributed by atoms with E-state index in [1.165, 1.54) is 6.92 Å². The minimum atomic E-state index is -0.703. The number of esters is 1. The summed E-state index contributed by atoms with van der Waals surface area (Å²) in [4.78, 5) is 23.2. The highest BCUT2D eigenvalue weighted by molar-refractivity contribution is 5.87. The summed E-state index contributed by atoms with van der Waals surface area (Å²) in [5.74, 6) is 0.115. The highest BCUT2D eigenvalue weighted by Gasteiger charge is 2.30. The third-order valence-electron chi connectivity index (χ3n) is 3.26. The third-order valence-corrected chi connectivity index (χ3v) is 3.26. The summed E-state index contributed by atoms with van der Waals surface area (Å²) in [6.45, 7) is 1.32. The Morgan fingerprint density at radius 3 is 2.89 bits per heavy atom. The van der Waals surface area contributed by atoms with Crippen molar-refractivity contribution < 1.29 is 14.3 Å². The molecule has 2 heterocycles. The molecular weight excluding hydrogens is 246 g/mol. The van der Waals surface area contributed by atoms with Gasteiger partial charge < -0.3 is 14.0 Å². The normalized spacial score (nSPS) is 17.1. The molecule has 1 aromatic carbocycles. The second-order valence-electron chi connectivity index (χ2n) is 4.55. The average molecular weight is 259 g/mol. The number of nitrogens with zero attached hydrogens (tertiary/aromatic N) is 1. The molecule has 1 unspecified atom stereocenters. The lowest BCUT2D eigenvalue weighted by molar-refractivity contribution is -0.158. The lowest BCUT2D eigenvalue weighted by Crippen LogP contribution is -2.23. The number of rotatable bonds is 1. The van der Waals surface area contributed by atoms with Gasteiger partial charge in [-0.2, -0.15) is 0 Å². The number of carbonyl (C=O) groups is 1. The molecule has 0 saturated carbocycles. The molecule has 0 bridgehead atoms. The van der Waals surface area contributed by atoms with Crippen LogP contribution in [0.4, 0.5) is 0 Å². The van der Waals surface area contributed by atoms with E-state index < -0.39 is 12.3 Å². The van der Waals surface area contributed by atoms with Gasteiger partial charge in [-0.05, 0) is 12.1 Å². The van der Waals surface area contributed by atoms with Crippen molar-refractivity contribution in [2.24, 2.45) is 7.05 Å². The van der Waals surface area contributed by atoms with E-state index in [0.717, 1.165) is 10.9 Å². The largest absolute Gasteiger partial charge is 0.453 e. The molecule has 0 fully saturated rings. The quantitative estimate of drug-likeness (QED) is 0.726. The van der Waals surface area contributed by atoms with Crippen molar-refractivity contribution in [2.75, 3.05) is 0 Å². The number of aromatic nitrogens is 1. The van der Waals surface area contributed by atoms with E-state index in [0.29, 0.717) is 17.7 Å². The number of aryl methyl sites for hydroxylation is 1. The lowest BCUT2D eigenvalue weighted by atomic mass is 10.1. The van der Waals surface area contributed by atoms with Gasteiger partial charge in [0.25, 0.3) is 5.56 Å². The Bertz CT molecular complexity index is 732. The van der Waals surface area contributed by atoms with Crippen LogP contribution in [-0.2, 0) is 23.0 Å². The fourth-order valence-electron chi connectivity index (χ4n) is 2.43. The number of carbonyl (C=O) groups excluding carboxylic acids is 1. The molecular formula is C14H13NO4. The number of hydrogen-bond acceptors (Lipinski definition) is 4. The smallest absolute Gasteiger partial charge is 0.305 e. The Labute approximate surface area is 109 Å². The van der Waals surface area contributed by atoms with Gasteiger partial charge in [0, 0.05) is 19.4 Å². The van der Waals surface area contributed by atoms with Crippen molar-refractivity contribution in [3.63, 3.8) is 0 Å². The Hall–Kier alpha value is -2.30. The summed E-state index contributed by atoms with van der Waals surface area (Å²) < 4.78 is 12.2. The van der Waals surface area contributed by atoms with Gasteiger partial charge in [-0.25, -0.2) is 0 Å². The third kappa shape index (κ3) is 1.78. The summed E-state index contributed by atoms with van der Waals surface area (Å²) in [7, 11) is 1.73. The minimum absolute atomic E-state index is 0.108. The van der Waals surface area contributed by atoms with Crippen molar-refractivity contribution >= 4 is 16.9 Å². The molecule has 0 aliphatic carbocycles. The Kier molecular flexibility index (Phi) is 2.55. The first kappa shape index (κ1) is 11.8. The fourth-order valence-corrected chi connectivity index (χ4v) is 2.43. The molecule has 2 aromatic rings. The molecule has 3 rings (SSSR count). The van der Waals surface area contributed by atoms with E-state index >= 15 is 0 Å². The highest BCUT2D eigenvalue weighted by atomic mass is 16.7. The minimum Gasteiger partial charge on any atom is -0.453 e. The first-order chi connectivity index (χ1) is 9.08. The molecule has 0 spiro atoms. The van der Waals surface area contributed by atoms with Crippen molar-refractivity contribution in [2.45, 2.75) is 19.6 Å². The molecule has 1 aliphatic heterocycles. The van der Waals surface area contributed by atoms with Gasteiger partial charge in [-0.15, -0.1) is 0 Å². The molecule has 1 aliphatic rings. The molecule has 0 radical (unpaired) electrons. The fraction of sp³-hybridized carbons (Fsp3) is 0.286. The molecule has 1 aromatic heterocycles. The van der Waals surface area contributed by atoms with Gasteiger partial charge in [-0.1, -0.05) is 12.1 Å². The maximum Gasteiger partial charge on any atom is 0.305 e. The van der Waals surface area contributed by atoms with Crippen LogP contribution in [0.5, 0.6) is 5.75 Å². The van der Waals surface area contributed by atoms with Crippen LogP contribution < -0.4 is 10.3 Å². The second-order valence-corrected chi connectivity index (χ2v) is 4.55. The Morgan fingerprint density at radius 2 is 2.16 bits per heavy atom. The number of hydrogen-bond donors (Lipinski definition) is 0. The monoisotopic (exact) mass is 259 g/mol. The second kappa shape index (κ2) is 4.12. The summed E-state index contributed by atoms with van der Waals surface area (Å²) in [5, 5.41) is 0.856. The molecule has 98 valence electrons. The van der Waals surface area contributed by atoms with Crippen molar-refractivity contribution in [1.82, 2.24) is 4.57 Å². The van der Waals surface area contributed by atoms with Gasteiger partial charge in [-0.3, -0.25) is 9.59 Å². The van der Waals surface area contributed by atoms with E-state index in [-0.39, 0.29) is 5.56 Å². The van der Waals surface area contributed by atoms with Crippen LogP contribution in [0.15, 0.2) is 29.1 Å². The van der Waals surface area contributed by atoms with Crippen LogP contribution >= 0.6 is 0 Å².